The van der Waals surface area contributed by atoms with Gasteiger partial charge in [0, 0.05) is 26.4 Å². The molecule has 0 aliphatic heterocycles. The lowest BCUT2D eigenvalue weighted by Gasteiger charge is -2.31. The van der Waals surface area contributed by atoms with Crippen LogP contribution in [-0.2, 0) is 29.0 Å². The molecule has 3 aromatic rings. The molecule has 7 nitrogen and oxygen atoms in total. The summed E-state index contributed by atoms with van der Waals surface area (Å²) in [5, 5.41) is 2.74. The van der Waals surface area contributed by atoms with Gasteiger partial charge in [0.25, 0.3) is 0 Å². The Balaban J connectivity index is 1.88. The summed E-state index contributed by atoms with van der Waals surface area (Å²) in [7, 11) is 6.37. The molecule has 0 aliphatic rings. The number of carbonyl (C=O) groups is 2. The molecule has 2 amide bonds. The highest BCUT2D eigenvalue weighted by Gasteiger charge is 2.29. The predicted octanol–water partition coefficient (Wildman–Crippen LogP) is 4.03. The fourth-order valence-corrected chi connectivity index (χ4v) is 4.12. The fraction of sp³-hybridized carbons (Fsp3) is 0.310. The number of ether oxygens (including phenoxy) is 3. The van der Waals surface area contributed by atoms with Crippen LogP contribution in [0.2, 0.25) is 0 Å². The summed E-state index contributed by atoms with van der Waals surface area (Å²) in [6, 6.07) is 22.2. The van der Waals surface area contributed by atoms with Crippen LogP contribution in [0.15, 0.2) is 72.8 Å². The topological polar surface area (TPSA) is 77.1 Å². The van der Waals surface area contributed by atoms with Crippen LogP contribution < -0.4 is 19.5 Å². The van der Waals surface area contributed by atoms with Crippen LogP contribution in [0.5, 0.6) is 17.2 Å². The van der Waals surface area contributed by atoms with E-state index in [-0.39, 0.29) is 24.8 Å². The lowest BCUT2D eigenvalue weighted by Crippen LogP contribution is -2.49. The molecule has 0 saturated heterocycles. The van der Waals surface area contributed by atoms with Gasteiger partial charge in [-0.15, -0.1) is 0 Å². The predicted molar refractivity (Wildman–Crippen MR) is 139 cm³/mol. The van der Waals surface area contributed by atoms with Gasteiger partial charge in [0.2, 0.25) is 11.8 Å². The van der Waals surface area contributed by atoms with E-state index in [0.29, 0.717) is 30.1 Å². The van der Waals surface area contributed by atoms with Crippen LogP contribution in [0.4, 0.5) is 0 Å². The van der Waals surface area contributed by atoms with Crippen LogP contribution in [-0.4, -0.2) is 51.1 Å². The lowest BCUT2D eigenvalue weighted by molar-refractivity contribution is -0.141. The Hall–Kier alpha value is -4.00. The first-order chi connectivity index (χ1) is 17.5. The Morgan fingerprint density at radius 3 is 2.19 bits per heavy atom. The number of hydrogen-bond acceptors (Lipinski definition) is 5. The summed E-state index contributed by atoms with van der Waals surface area (Å²) in [6.07, 6.45) is 1.15. The van der Waals surface area contributed by atoms with Crippen molar-refractivity contribution in [1.29, 1.82) is 0 Å². The largest absolute Gasteiger partial charge is 0.497 e. The third-order valence-electron chi connectivity index (χ3n) is 6.08. The number of carbonyl (C=O) groups excluding carboxylic acids is 2. The first kappa shape index (κ1) is 26.6. The third-order valence-corrected chi connectivity index (χ3v) is 6.08. The van der Waals surface area contributed by atoms with Gasteiger partial charge in [-0.2, -0.15) is 0 Å². The van der Waals surface area contributed by atoms with Crippen molar-refractivity contribution in [3.8, 4) is 17.2 Å². The van der Waals surface area contributed by atoms with Crippen molar-refractivity contribution >= 4 is 11.8 Å². The Morgan fingerprint density at radius 1 is 0.806 bits per heavy atom. The fourth-order valence-electron chi connectivity index (χ4n) is 4.12. The molecule has 1 atom stereocenters. The van der Waals surface area contributed by atoms with Crippen molar-refractivity contribution in [3.05, 3.63) is 89.5 Å². The van der Waals surface area contributed by atoms with Crippen LogP contribution in [0.25, 0.3) is 0 Å². The van der Waals surface area contributed by atoms with E-state index in [4.69, 9.17) is 14.2 Å². The first-order valence-corrected chi connectivity index (χ1v) is 11.9. The van der Waals surface area contributed by atoms with Crippen LogP contribution in [0.1, 0.15) is 23.1 Å². The Bertz CT molecular complexity index is 1150. The zero-order valence-corrected chi connectivity index (χ0v) is 21.3. The minimum Gasteiger partial charge on any atom is -0.497 e. The minimum absolute atomic E-state index is 0.114. The maximum Gasteiger partial charge on any atom is 0.242 e. The van der Waals surface area contributed by atoms with E-state index in [2.05, 4.69) is 5.32 Å². The number of nitrogens with one attached hydrogen (secondary N) is 1. The molecular formula is C29H34N2O5. The SMILES string of the molecule is CNC(=O)C(Cc1ccccc1)N(Cc1cccc(OC)c1)C(=O)CCc1ccc(OC)c(OC)c1. The summed E-state index contributed by atoms with van der Waals surface area (Å²) in [6.45, 7) is 0.285. The summed E-state index contributed by atoms with van der Waals surface area (Å²) in [4.78, 5) is 28.4. The van der Waals surface area contributed by atoms with Crippen molar-refractivity contribution in [1.82, 2.24) is 10.2 Å². The molecule has 0 aromatic heterocycles. The maximum atomic E-state index is 13.7. The van der Waals surface area contributed by atoms with Gasteiger partial charge in [0.05, 0.1) is 21.3 Å². The second-order valence-corrected chi connectivity index (χ2v) is 8.38. The number of amides is 2. The second kappa shape index (κ2) is 13.2. The molecule has 7 heteroatoms. The smallest absolute Gasteiger partial charge is 0.242 e. The van der Waals surface area contributed by atoms with E-state index in [9.17, 15) is 9.59 Å². The van der Waals surface area contributed by atoms with Gasteiger partial charge >= 0.3 is 0 Å². The van der Waals surface area contributed by atoms with E-state index in [1.54, 1.807) is 33.3 Å². The molecule has 0 fully saturated rings. The molecule has 0 heterocycles. The molecule has 0 aliphatic carbocycles. The average Bonchev–Trinajstić information content (AvgIpc) is 2.93. The van der Waals surface area contributed by atoms with Crippen LogP contribution in [0, 0.1) is 0 Å². The second-order valence-electron chi connectivity index (χ2n) is 8.38. The highest BCUT2D eigenvalue weighted by Crippen LogP contribution is 2.28. The average molecular weight is 491 g/mol. The number of aryl methyl sites for hydroxylation is 1. The van der Waals surface area contributed by atoms with Crippen molar-refractivity contribution in [3.63, 3.8) is 0 Å². The summed E-state index contributed by atoms with van der Waals surface area (Å²) in [5.74, 6) is 1.63. The molecule has 0 saturated carbocycles. The Labute approximate surface area is 213 Å². The minimum atomic E-state index is -0.665. The molecule has 3 aromatic carbocycles. The molecule has 1 unspecified atom stereocenters. The molecular weight excluding hydrogens is 456 g/mol. The summed E-state index contributed by atoms with van der Waals surface area (Å²) < 4.78 is 16.1. The quantitative estimate of drug-likeness (QED) is 0.415. The summed E-state index contributed by atoms with van der Waals surface area (Å²) in [5.41, 5.74) is 2.81. The number of methoxy groups -OCH3 is 3. The van der Waals surface area contributed by atoms with Gasteiger partial charge < -0.3 is 24.4 Å². The molecule has 0 bridgehead atoms. The van der Waals surface area contributed by atoms with Gasteiger partial charge in [0.15, 0.2) is 11.5 Å². The van der Waals surface area contributed by atoms with Gasteiger partial charge in [-0.25, -0.2) is 0 Å². The number of benzene rings is 3. The van der Waals surface area contributed by atoms with E-state index >= 15 is 0 Å². The number of hydrogen-bond donors (Lipinski definition) is 1. The highest BCUT2D eigenvalue weighted by atomic mass is 16.5. The monoisotopic (exact) mass is 490 g/mol. The standard InChI is InChI=1S/C29H34N2O5/c1-30-29(33)25(18-21-9-6-5-7-10-21)31(20-23-11-8-12-24(17-23)34-2)28(32)16-14-22-13-15-26(35-3)27(19-22)36-4/h5-13,15,17,19,25H,14,16,18,20H2,1-4H3,(H,30,33). The van der Waals surface area contributed by atoms with Crippen molar-refractivity contribution < 1.29 is 23.8 Å². The normalized spacial score (nSPS) is 11.3. The van der Waals surface area contributed by atoms with Crippen molar-refractivity contribution in [2.45, 2.75) is 31.8 Å². The highest BCUT2D eigenvalue weighted by molar-refractivity contribution is 5.88. The number of nitrogens with zero attached hydrogens (tertiary/aromatic N) is 1. The Kier molecular flexibility index (Phi) is 9.74. The Morgan fingerprint density at radius 2 is 1.53 bits per heavy atom. The van der Waals surface area contributed by atoms with Crippen LogP contribution in [0.3, 0.4) is 0 Å². The molecule has 0 spiro atoms. The van der Waals surface area contributed by atoms with Crippen LogP contribution >= 0.6 is 0 Å². The van der Waals surface area contributed by atoms with E-state index in [0.717, 1.165) is 16.7 Å². The third kappa shape index (κ3) is 7.01. The zero-order chi connectivity index (χ0) is 25.9. The van der Waals surface area contributed by atoms with Crippen molar-refractivity contribution in [2.75, 3.05) is 28.4 Å². The van der Waals surface area contributed by atoms with Gasteiger partial charge in [0.1, 0.15) is 11.8 Å². The van der Waals surface area contributed by atoms with Gasteiger partial charge in [-0.1, -0.05) is 48.5 Å². The molecule has 1 N–H and O–H groups in total. The maximum absolute atomic E-state index is 13.7. The summed E-state index contributed by atoms with van der Waals surface area (Å²) >= 11 is 0. The molecule has 0 radical (unpaired) electrons. The zero-order valence-electron chi connectivity index (χ0n) is 21.3. The molecule has 3 rings (SSSR count). The first-order valence-electron chi connectivity index (χ1n) is 11.9. The van der Waals surface area contributed by atoms with E-state index < -0.39 is 6.04 Å². The van der Waals surface area contributed by atoms with E-state index in [1.807, 2.05) is 72.8 Å². The van der Waals surface area contributed by atoms with Crippen molar-refractivity contribution in [2.24, 2.45) is 0 Å². The van der Waals surface area contributed by atoms with E-state index in [1.165, 1.54) is 0 Å². The number of rotatable bonds is 12. The lowest BCUT2D eigenvalue weighted by atomic mass is 10.0. The van der Waals surface area contributed by atoms with Gasteiger partial charge in [-0.05, 0) is 47.4 Å². The molecule has 36 heavy (non-hydrogen) atoms. The molecule has 190 valence electrons. The van der Waals surface area contributed by atoms with Gasteiger partial charge in [-0.3, -0.25) is 9.59 Å². The number of likely N-dealkylation sites (N-methyl/N-ethyl adjacent to an activating group) is 1.